The lowest BCUT2D eigenvalue weighted by Crippen LogP contribution is -2.39. The second kappa shape index (κ2) is 8.29. The molecule has 0 saturated carbocycles. The number of fused-ring (bicyclic) bond motifs is 1. The molecule has 6 heteroatoms. The number of aryl methyl sites for hydroxylation is 3. The molecule has 3 N–H and O–H groups in total. The third kappa shape index (κ3) is 4.32. The van der Waals surface area contributed by atoms with Gasteiger partial charge in [-0.25, -0.2) is 0 Å². The van der Waals surface area contributed by atoms with Gasteiger partial charge in [-0.15, -0.1) is 0 Å². The van der Waals surface area contributed by atoms with Crippen LogP contribution in [0.15, 0.2) is 29.4 Å². The monoisotopic (exact) mass is 366 g/mol. The van der Waals surface area contributed by atoms with Gasteiger partial charge in [0, 0.05) is 50.0 Å². The van der Waals surface area contributed by atoms with E-state index in [1.54, 1.807) is 0 Å². The van der Waals surface area contributed by atoms with E-state index in [1.807, 2.05) is 18.8 Å². The average Bonchev–Trinajstić information content (AvgIpc) is 3.15. The number of benzene rings is 1. The van der Waals surface area contributed by atoms with Gasteiger partial charge in [0.25, 0.3) is 0 Å². The molecule has 0 unspecified atom stereocenters. The van der Waals surface area contributed by atoms with Crippen LogP contribution in [0.25, 0.3) is 10.9 Å². The third-order valence-electron chi connectivity index (χ3n) is 5.16. The van der Waals surface area contributed by atoms with E-state index in [0.29, 0.717) is 0 Å². The van der Waals surface area contributed by atoms with Crippen molar-refractivity contribution in [3.8, 4) is 0 Å². The predicted octanol–water partition coefficient (Wildman–Crippen LogP) is 2.78. The Kier molecular flexibility index (Phi) is 5.84. The standard InChI is InChI=1S/C21H30N6/c1-14-6-7-19-17(13-25-20(19)12-14)8-10-23-21(22-4)24-11-9-18-15(2)26-27(5)16(18)3/h6-7,12-13,25H,8-11H2,1-5H3,(H2,22,23,24). The quantitative estimate of drug-likeness (QED) is 0.464. The molecule has 0 atom stereocenters. The molecular weight excluding hydrogens is 336 g/mol. The van der Waals surface area contributed by atoms with E-state index >= 15 is 0 Å². The number of aromatic amines is 1. The largest absolute Gasteiger partial charge is 0.361 e. The molecule has 0 saturated heterocycles. The van der Waals surface area contributed by atoms with Crippen LogP contribution in [0, 0.1) is 20.8 Å². The Morgan fingerprint density at radius 1 is 1.15 bits per heavy atom. The maximum atomic E-state index is 4.48. The highest BCUT2D eigenvalue weighted by molar-refractivity contribution is 5.84. The predicted molar refractivity (Wildman–Crippen MR) is 112 cm³/mol. The molecule has 3 rings (SSSR count). The lowest BCUT2D eigenvalue weighted by atomic mass is 10.1. The van der Waals surface area contributed by atoms with Gasteiger partial charge in [-0.1, -0.05) is 12.1 Å². The van der Waals surface area contributed by atoms with Gasteiger partial charge in [-0.05, 0) is 56.4 Å². The molecule has 0 spiro atoms. The number of guanidine groups is 1. The average molecular weight is 367 g/mol. The number of nitrogens with zero attached hydrogens (tertiary/aromatic N) is 3. The molecule has 2 aromatic heterocycles. The van der Waals surface area contributed by atoms with E-state index in [0.717, 1.165) is 37.6 Å². The molecule has 1 aromatic carbocycles. The van der Waals surface area contributed by atoms with Crippen LogP contribution >= 0.6 is 0 Å². The minimum absolute atomic E-state index is 0.833. The number of aliphatic imine (C=N–C) groups is 1. The van der Waals surface area contributed by atoms with Crippen LogP contribution in [0.4, 0.5) is 0 Å². The van der Waals surface area contributed by atoms with Gasteiger partial charge < -0.3 is 15.6 Å². The van der Waals surface area contributed by atoms with Crippen molar-refractivity contribution in [1.82, 2.24) is 25.4 Å². The van der Waals surface area contributed by atoms with Crippen LogP contribution in [0.3, 0.4) is 0 Å². The number of nitrogens with one attached hydrogen (secondary N) is 3. The number of hydrogen-bond acceptors (Lipinski definition) is 2. The summed E-state index contributed by atoms with van der Waals surface area (Å²) in [5.74, 6) is 0.838. The smallest absolute Gasteiger partial charge is 0.190 e. The molecule has 2 heterocycles. The number of rotatable bonds is 6. The normalized spacial score (nSPS) is 12.0. The fourth-order valence-electron chi connectivity index (χ4n) is 3.53. The highest BCUT2D eigenvalue weighted by Crippen LogP contribution is 2.19. The molecule has 3 aromatic rings. The first-order valence-corrected chi connectivity index (χ1v) is 9.49. The summed E-state index contributed by atoms with van der Waals surface area (Å²) >= 11 is 0. The summed E-state index contributed by atoms with van der Waals surface area (Å²) in [6, 6.07) is 6.55. The van der Waals surface area contributed by atoms with Crippen molar-refractivity contribution in [2.75, 3.05) is 20.1 Å². The molecule has 0 aliphatic carbocycles. The van der Waals surface area contributed by atoms with Crippen molar-refractivity contribution in [3.05, 3.63) is 52.5 Å². The molecule has 0 amide bonds. The molecular formula is C21H30N6. The first-order chi connectivity index (χ1) is 13.0. The third-order valence-corrected chi connectivity index (χ3v) is 5.16. The Balaban J connectivity index is 1.49. The zero-order valence-corrected chi connectivity index (χ0v) is 17.0. The van der Waals surface area contributed by atoms with Crippen molar-refractivity contribution in [2.24, 2.45) is 12.0 Å². The van der Waals surface area contributed by atoms with Crippen LogP contribution in [-0.4, -0.2) is 40.9 Å². The highest BCUT2D eigenvalue weighted by atomic mass is 15.3. The fraction of sp³-hybridized carbons (Fsp3) is 0.429. The molecule has 0 radical (unpaired) electrons. The second-order valence-corrected chi connectivity index (χ2v) is 7.06. The van der Waals surface area contributed by atoms with Crippen molar-refractivity contribution >= 4 is 16.9 Å². The summed E-state index contributed by atoms with van der Waals surface area (Å²) in [4.78, 5) is 7.69. The highest BCUT2D eigenvalue weighted by Gasteiger charge is 2.09. The minimum Gasteiger partial charge on any atom is -0.361 e. The van der Waals surface area contributed by atoms with Crippen LogP contribution in [-0.2, 0) is 19.9 Å². The van der Waals surface area contributed by atoms with E-state index < -0.39 is 0 Å². The van der Waals surface area contributed by atoms with Crippen molar-refractivity contribution in [3.63, 3.8) is 0 Å². The summed E-state index contributed by atoms with van der Waals surface area (Å²) in [6.45, 7) is 7.97. The van der Waals surface area contributed by atoms with E-state index in [9.17, 15) is 0 Å². The number of H-pyrrole nitrogens is 1. The molecule has 144 valence electrons. The number of hydrogen-bond donors (Lipinski definition) is 3. The van der Waals surface area contributed by atoms with Gasteiger partial charge in [0.15, 0.2) is 5.96 Å². The van der Waals surface area contributed by atoms with Crippen molar-refractivity contribution in [1.29, 1.82) is 0 Å². The van der Waals surface area contributed by atoms with E-state index in [1.165, 1.54) is 33.3 Å². The Labute approximate surface area is 161 Å². The van der Waals surface area contributed by atoms with E-state index in [2.05, 4.69) is 70.9 Å². The summed E-state index contributed by atoms with van der Waals surface area (Å²) in [6.07, 6.45) is 3.99. The maximum Gasteiger partial charge on any atom is 0.190 e. The zero-order chi connectivity index (χ0) is 19.4. The Hall–Kier alpha value is -2.76. The Morgan fingerprint density at radius 2 is 1.89 bits per heavy atom. The topological polar surface area (TPSA) is 70.0 Å². The fourth-order valence-corrected chi connectivity index (χ4v) is 3.53. The van der Waals surface area contributed by atoms with Gasteiger partial charge >= 0.3 is 0 Å². The molecule has 0 bridgehead atoms. The molecule has 6 nitrogen and oxygen atoms in total. The van der Waals surface area contributed by atoms with Crippen LogP contribution in [0.5, 0.6) is 0 Å². The molecule has 0 aliphatic rings. The van der Waals surface area contributed by atoms with Gasteiger partial charge in [-0.3, -0.25) is 9.67 Å². The first kappa shape index (κ1) is 19.0. The summed E-state index contributed by atoms with van der Waals surface area (Å²) in [5, 5.41) is 12.6. The molecule has 0 fully saturated rings. The lowest BCUT2D eigenvalue weighted by molar-refractivity contribution is 0.728. The van der Waals surface area contributed by atoms with Crippen LogP contribution < -0.4 is 10.6 Å². The summed E-state index contributed by atoms with van der Waals surface area (Å²) in [5.41, 5.74) is 7.46. The van der Waals surface area contributed by atoms with E-state index in [4.69, 9.17) is 0 Å². The Morgan fingerprint density at radius 3 is 2.56 bits per heavy atom. The van der Waals surface area contributed by atoms with Crippen molar-refractivity contribution < 1.29 is 0 Å². The second-order valence-electron chi connectivity index (χ2n) is 7.06. The van der Waals surface area contributed by atoms with Gasteiger partial charge in [-0.2, -0.15) is 5.10 Å². The maximum absolute atomic E-state index is 4.48. The van der Waals surface area contributed by atoms with E-state index in [-0.39, 0.29) is 0 Å². The minimum atomic E-state index is 0.833. The van der Waals surface area contributed by atoms with Crippen LogP contribution in [0.2, 0.25) is 0 Å². The SMILES string of the molecule is CN=C(NCCc1c(C)nn(C)c1C)NCCc1c[nH]c2cc(C)ccc12. The van der Waals surface area contributed by atoms with Crippen LogP contribution in [0.1, 0.15) is 28.1 Å². The van der Waals surface area contributed by atoms with Gasteiger partial charge in [0.1, 0.15) is 0 Å². The first-order valence-electron chi connectivity index (χ1n) is 9.49. The lowest BCUT2D eigenvalue weighted by Gasteiger charge is -2.12. The number of aromatic nitrogens is 3. The van der Waals surface area contributed by atoms with Gasteiger partial charge in [0.2, 0.25) is 0 Å². The summed E-state index contributed by atoms with van der Waals surface area (Å²) < 4.78 is 1.94. The molecule has 27 heavy (non-hydrogen) atoms. The summed E-state index contributed by atoms with van der Waals surface area (Å²) in [7, 11) is 3.80. The zero-order valence-electron chi connectivity index (χ0n) is 17.0. The van der Waals surface area contributed by atoms with Crippen molar-refractivity contribution in [2.45, 2.75) is 33.6 Å². The molecule has 0 aliphatic heterocycles. The van der Waals surface area contributed by atoms with Gasteiger partial charge in [0.05, 0.1) is 5.69 Å². The Bertz CT molecular complexity index is 947.